The Morgan fingerprint density at radius 2 is 1.30 bits per heavy atom. The average Bonchev–Trinajstić information content (AvgIpc) is 3.12. The Morgan fingerprint density at radius 3 is 1.88 bits per heavy atom. The number of fused-ring (bicyclic) bond motifs is 3. The first-order chi connectivity index (χ1) is 15.9. The van der Waals surface area contributed by atoms with E-state index in [1.165, 1.54) is 0 Å². The summed E-state index contributed by atoms with van der Waals surface area (Å²) in [6.45, 7) is 5.34. The molecule has 0 aliphatic heterocycles. The molecule has 0 bridgehead atoms. The quantitative estimate of drug-likeness (QED) is 0.209. The first-order valence-corrected chi connectivity index (χ1v) is 10.6. The molecule has 0 saturated carbocycles. The number of hydrogen-bond acceptors (Lipinski definition) is 4. The molecular formula is C29H22O4. The maximum absolute atomic E-state index is 12.6. The summed E-state index contributed by atoms with van der Waals surface area (Å²) in [5, 5.41) is 20.0. The van der Waals surface area contributed by atoms with Crippen molar-refractivity contribution in [1.82, 2.24) is 0 Å². The lowest BCUT2D eigenvalue weighted by Gasteiger charge is -2.34. The molecule has 5 rings (SSSR count). The summed E-state index contributed by atoms with van der Waals surface area (Å²) in [6, 6.07) is 27.9. The summed E-state index contributed by atoms with van der Waals surface area (Å²) in [6.07, 6.45) is 0. The summed E-state index contributed by atoms with van der Waals surface area (Å²) in [5.74, 6) is 0.267. The Hall–Kier alpha value is -4.31. The number of hydrogen-bond donors (Lipinski definition) is 2. The van der Waals surface area contributed by atoms with E-state index in [4.69, 9.17) is 4.74 Å². The predicted molar refractivity (Wildman–Crippen MR) is 128 cm³/mol. The molecule has 4 heteroatoms. The van der Waals surface area contributed by atoms with Gasteiger partial charge in [-0.15, -0.1) is 0 Å². The SMILES string of the molecule is C=C(C)C(=O)Oc1cccc2c1C(c1ccc(O)cc1)(c1ccc(O)cc1)c1ccccc1-2. The molecule has 2 N–H and O–H groups in total. The third-order valence-electron chi connectivity index (χ3n) is 6.17. The summed E-state index contributed by atoms with van der Waals surface area (Å²) >= 11 is 0. The van der Waals surface area contributed by atoms with Gasteiger partial charge in [0.25, 0.3) is 0 Å². The molecular weight excluding hydrogens is 412 g/mol. The van der Waals surface area contributed by atoms with Gasteiger partial charge in [0.1, 0.15) is 17.2 Å². The highest BCUT2D eigenvalue weighted by atomic mass is 16.5. The molecule has 1 aliphatic rings. The molecule has 0 spiro atoms. The summed E-state index contributed by atoms with van der Waals surface area (Å²) in [5.41, 5.74) is 5.11. The molecule has 33 heavy (non-hydrogen) atoms. The van der Waals surface area contributed by atoms with E-state index in [0.29, 0.717) is 11.3 Å². The lowest BCUT2D eigenvalue weighted by molar-refractivity contribution is -0.130. The van der Waals surface area contributed by atoms with E-state index >= 15 is 0 Å². The average molecular weight is 434 g/mol. The van der Waals surface area contributed by atoms with Gasteiger partial charge in [0.05, 0.1) is 5.41 Å². The van der Waals surface area contributed by atoms with Gasteiger partial charge in [-0.1, -0.05) is 67.2 Å². The molecule has 4 nitrogen and oxygen atoms in total. The van der Waals surface area contributed by atoms with Gasteiger partial charge in [-0.05, 0) is 65.1 Å². The zero-order valence-electron chi connectivity index (χ0n) is 18.1. The minimum Gasteiger partial charge on any atom is -0.508 e. The van der Waals surface area contributed by atoms with Gasteiger partial charge < -0.3 is 14.9 Å². The number of phenolic OH excluding ortho intramolecular Hbond substituents is 2. The van der Waals surface area contributed by atoms with Crippen LogP contribution in [-0.2, 0) is 10.2 Å². The Kier molecular flexibility index (Phi) is 4.79. The third kappa shape index (κ3) is 3.11. The zero-order chi connectivity index (χ0) is 23.2. The molecule has 0 heterocycles. The van der Waals surface area contributed by atoms with E-state index in [0.717, 1.165) is 33.4 Å². The van der Waals surface area contributed by atoms with Crippen molar-refractivity contribution in [2.75, 3.05) is 0 Å². The number of esters is 1. The van der Waals surface area contributed by atoms with Crippen LogP contribution in [0.15, 0.2) is 103 Å². The minimum absolute atomic E-state index is 0.160. The Balaban J connectivity index is 1.92. The van der Waals surface area contributed by atoms with Crippen molar-refractivity contribution in [2.24, 2.45) is 0 Å². The summed E-state index contributed by atoms with van der Waals surface area (Å²) < 4.78 is 5.86. The molecule has 0 saturated heterocycles. The van der Waals surface area contributed by atoms with Crippen molar-refractivity contribution >= 4 is 5.97 Å². The van der Waals surface area contributed by atoms with Gasteiger partial charge in [0.2, 0.25) is 0 Å². The molecule has 0 fully saturated rings. The predicted octanol–water partition coefficient (Wildman–Crippen LogP) is 5.94. The second-order valence-electron chi connectivity index (χ2n) is 8.24. The Labute approximate surface area is 192 Å². The van der Waals surface area contributed by atoms with E-state index in [-0.39, 0.29) is 11.5 Å². The lowest BCUT2D eigenvalue weighted by Crippen LogP contribution is -2.29. The van der Waals surface area contributed by atoms with Crippen molar-refractivity contribution in [3.63, 3.8) is 0 Å². The second kappa shape index (κ2) is 7.68. The Bertz CT molecular complexity index is 1340. The van der Waals surface area contributed by atoms with Crippen LogP contribution in [0.5, 0.6) is 17.2 Å². The first-order valence-electron chi connectivity index (χ1n) is 10.6. The number of phenols is 2. The Morgan fingerprint density at radius 1 is 0.758 bits per heavy atom. The maximum Gasteiger partial charge on any atom is 0.338 e. The van der Waals surface area contributed by atoms with Gasteiger partial charge >= 0.3 is 5.97 Å². The molecule has 4 aromatic carbocycles. The summed E-state index contributed by atoms with van der Waals surface area (Å²) in [4.78, 5) is 12.6. The highest BCUT2D eigenvalue weighted by Crippen LogP contribution is 2.59. The van der Waals surface area contributed by atoms with Gasteiger partial charge in [0.15, 0.2) is 0 Å². The molecule has 0 radical (unpaired) electrons. The zero-order valence-corrected chi connectivity index (χ0v) is 18.1. The van der Waals surface area contributed by atoms with Crippen LogP contribution < -0.4 is 4.74 Å². The molecule has 0 amide bonds. The molecule has 0 aromatic heterocycles. The smallest absolute Gasteiger partial charge is 0.338 e. The number of benzene rings is 4. The molecule has 0 unspecified atom stereocenters. The highest BCUT2D eigenvalue weighted by Gasteiger charge is 2.48. The topological polar surface area (TPSA) is 66.8 Å². The molecule has 0 atom stereocenters. The summed E-state index contributed by atoms with van der Waals surface area (Å²) in [7, 11) is 0. The highest BCUT2D eigenvalue weighted by molar-refractivity contribution is 5.92. The van der Waals surface area contributed by atoms with Crippen molar-refractivity contribution in [3.05, 3.63) is 125 Å². The van der Waals surface area contributed by atoms with Crippen molar-refractivity contribution in [2.45, 2.75) is 12.3 Å². The largest absolute Gasteiger partial charge is 0.508 e. The van der Waals surface area contributed by atoms with E-state index in [9.17, 15) is 15.0 Å². The fourth-order valence-corrected chi connectivity index (χ4v) is 4.78. The van der Waals surface area contributed by atoms with Crippen molar-refractivity contribution in [1.29, 1.82) is 0 Å². The van der Waals surface area contributed by atoms with Crippen LogP contribution in [0.1, 0.15) is 29.2 Å². The molecule has 1 aliphatic carbocycles. The number of aromatic hydroxyl groups is 2. The third-order valence-corrected chi connectivity index (χ3v) is 6.17. The van der Waals surface area contributed by atoms with Gasteiger partial charge in [-0.3, -0.25) is 0 Å². The maximum atomic E-state index is 12.6. The van der Waals surface area contributed by atoms with E-state index in [1.54, 1.807) is 37.3 Å². The fourth-order valence-electron chi connectivity index (χ4n) is 4.78. The number of ether oxygens (including phenoxy) is 1. The second-order valence-corrected chi connectivity index (χ2v) is 8.24. The number of rotatable bonds is 4. The first kappa shape index (κ1) is 20.6. The standard InChI is InChI=1S/C29H22O4/c1-18(2)28(32)33-26-9-5-7-24-23-6-3-4-8-25(23)29(27(24)26,19-10-14-21(30)15-11-19)20-12-16-22(31)17-13-20/h3-17,30-31H,1H2,2H3. The van der Waals surface area contributed by atoms with Crippen LogP contribution >= 0.6 is 0 Å². The van der Waals surface area contributed by atoms with Gasteiger partial charge in [-0.25, -0.2) is 4.79 Å². The van der Waals surface area contributed by atoms with Gasteiger partial charge in [0, 0.05) is 11.1 Å². The van der Waals surface area contributed by atoms with Crippen LogP contribution in [0.2, 0.25) is 0 Å². The van der Waals surface area contributed by atoms with Crippen LogP contribution in [-0.4, -0.2) is 16.2 Å². The van der Waals surface area contributed by atoms with E-state index in [1.807, 2.05) is 48.5 Å². The van der Waals surface area contributed by atoms with Crippen LogP contribution in [0.3, 0.4) is 0 Å². The lowest BCUT2D eigenvalue weighted by atomic mass is 9.67. The number of carbonyl (C=O) groups is 1. The van der Waals surface area contributed by atoms with Gasteiger partial charge in [-0.2, -0.15) is 0 Å². The van der Waals surface area contributed by atoms with Crippen LogP contribution in [0.25, 0.3) is 11.1 Å². The van der Waals surface area contributed by atoms with Crippen molar-refractivity contribution in [3.8, 4) is 28.4 Å². The van der Waals surface area contributed by atoms with E-state index < -0.39 is 11.4 Å². The monoisotopic (exact) mass is 434 g/mol. The van der Waals surface area contributed by atoms with Crippen LogP contribution in [0.4, 0.5) is 0 Å². The van der Waals surface area contributed by atoms with E-state index in [2.05, 4.69) is 18.7 Å². The molecule has 162 valence electrons. The van der Waals surface area contributed by atoms with Crippen LogP contribution in [0, 0.1) is 0 Å². The minimum atomic E-state index is -0.834. The molecule has 4 aromatic rings. The normalized spacial score (nSPS) is 13.1. The van der Waals surface area contributed by atoms with Crippen molar-refractivity contribution < 1.29 is 19.7 Å². The fraction of sp³-hybridized carbons (Fsp3) is 0.0690. The number of carbonyl (C=O) groups excluding carboxylic acids is 1.